The Morgan fingerprint density at radius 3 is 3.16 bits per heavy atom. The number of rotatable bonds is 3. The summed E-state index contributed by atoms with van der Waals surface area (Å²) in [5.41, 5.74) is 3.57. The van der Waals surface area contributed by atoms with Gasteiger partial charge in [-0.05, 0) is 42.4 Å². The molecule has 0 fully saturated rings. The van der Waals surface area contributed by atoms with Crippen LogP contribution in [0.25, 0.3) is 0 Å². The number of aliphatic hydroxyl groups excluding tert-OH is 1. The second-order valence-electron chi connectivity index (χ2n) is 4.89. The summed E-state index contributed by atoms with van der Waals surface area (Å²) in [5, 5.41) is 10.4. The van der Waals surface area contributed by atoms with Crippen LogP contribution in [-0.2, 0) is 18.6 Å². The molecular weight excluding hydrogens is 274 g/mol. The van der Waals surface area contributed by atoms with Crippen LogP contribution >= 0.6 is 23.1 Å². The molecule has 3 rings (SSSR count). The number of hydrogen-bond donors (Lipinski definition) is 1. The van der Waals surface area contributed by atoms with Gasteiger partial charge in [0.1, 0.15) is 0 Å². The van der Waals surface area contributed by atoms with E-state index in [1.165, 1.54) is 16.2 Å². The molecule has 1 N–H and O–H groups in total. The first-order chi connectivity index (χ1) is 9.24. The maximum Gasteiger partial charge on any atom is 0.0937 e. The van der Waals surface area contributed by atoms with Crippen LogP contribution in [0.5, 0.6) is 0 Å². The molecule has 19 heavy (non-hydrogen) atoms. The molecule has 0 aliphatic carbocycles. The van der Waals surface area contributed by atoms with Crippen molar-refractivity contribution in [2.45, 2.75) is 31.6 Å². The normalized spacial score (nSPS) is 16.1. The summed E-state index contributed by atoms with van der Waals surface area (Å²) in [6.45, 7) is 2.05. The molecule has 100 valence electrons. The fourth-order valence-corrected chi connectivity index (χ4v) is 4.71. The highest BCUT2D eigenvalue weighted by Crippen LogP contribution is 2.35. The van der Waals surface area contributed by atoms with E-state index in [-0.39, 0.29) is 0 Å². The molecule has 0 amide bonds. The van der Waals surface area contributed by atoms with E-state index in [1.807, 2.05) is 30.8 Å². The first kappa shape index (κ1) is 13.2. The molecule has 0 saturated heterocycles. The lowest BCUT2D eigenvalue weighted by atomic mass is 10.1. The standard InChI is InChI=1S/C15H17NOS2/c1-10-3-2-5-16-12(10)8-13(17)15-7-11-9-18-6-4-14(11)19-15/h2-3,5,7,13,17H,4,6,8-9H2,1H3. The van der Waals surface area contributed by atoms with Gasteiger partial charge in [0.25, 0.3) is 0 Å². The van der Waals surface area contributed by atoms with Crippen molar-refractivity contribution in [1.29, 1.82) is 0 Å². The molecule has 0 spiro atoms. The molecule has 2 aromatic heterocycles. The number of hydrogen-bond acceptors (Lipinski definition) is 4. The van der Waals surface area contributed by atoms with E-state index in [1.54, 1.807) is 17.5 Å². The summed E-state index contributed by atoms with van der Waals surface area (Å²) in [7, 11) is 0. The molecule has 4 heteroatoms. The Morgan fingerprint density at radius 1 is 1.47 bits per heavy atom. The van der Waals surface area contributed by atoms with E-state index in [0.29, 0.717) is 6.42 Å². The van der Waals surface area contributed by atoms with Crippen LogP contribution in [0.1, 0.15) is 32.7 Å². The number of thioether (sulfide) groups is 1. The van der Waals surface area contributed by atoms with Crippen molar-refractivity contribution in [2.75, 3.05) is 5.75 Å². The van der Waals surface area contributed by atoms with Crippen LogP contribution in [0.3, 0.4) is 0 Å². The monoisotopic (exact) mass is 291 g/mol. The van der Waals surface area contributed by atoms with Gasteiger partial charge in [-0.2, -0.15) is 11.8 Å². The lowest BCUT2D eigenvalue weighted by Crippen LogP contribution is -2.03. The number of aromatic nitrogens is 1. The summed E-state index contributed by atoms with van der Waals surface area (Å²) in [5.74, 6) is 2.31. The zero-order chi connectivity index (χ0) is 13.2. The SMILES string of the molecule is Cc1cccnc1CC(O)c1cc2c(s1)CCSC2. The molecule has 0 aromatic carbocycles. The molecule has 1 aliphatic rings. The zero-order valence-corrected chi connectivity index (χ0v) is 12.6. The minimum Gasteiger partial charge on any atom is -0.387 e. The summed E-state index contributed by atoms with van der Waals surface area (Å²) < 4.78 is 0. The molecule has 0 radical (unpaired) electrons. The Balaban J connectivity index is 1.79. The van der Waals surface area contributed by atoms with Crippen LogP contribution in [0, 0.1) is 6.92 Å². The lowest BCUT2D eigenvalue weighted by Gasteiger charge is -2.09. The Labute approximate surface area is 121 Å². The Hall–Kier alpha value is -0.840. The second-order valence-corrected chi connectivity index (χ2v) is 7.16. The van der Waals surface area contributed by atoms with Crippen molar-refractivity contribution >= 4 is 23.1 Å². The topological polar surface area (TPSA) is 33.1 Å². The average molecular weight is 291 g/mol. The maximum atomic E-state index is 10.4. The van der Waals surface area contributed by atoms with Crippen LogP contribution in [0.2, 0.25) is 0 Å². The molecule has 3 heterocycles. The molecule has 1 unspecified atom stereocenters. The van der Waals surface area contributed by atoms with Crippen molar-refractivity contribution in [3.8, 4) is 0 Å². The Bertz CT molecular complexity index is 556. The molecule has 2 aromatic rings. The number of nitrogens with zero attached hydrogens (tertiary/aromatic N) is 1. The highest BCUT2D eigenvalue weighted by atomic mass is 32.2. The fraction of sp³-hybridized carbons (Fsp3) is 0.400. The molecule has 0 bridgehead atoms. The van der Waals surface area contributed by atoms with Gasteiger partial charge in [0.15, 0.2) is 0 Å². The van der Waals surface area contributed by atoms with Gasteiger partial charge >= 0.3 is 0 Å². The van der Waals surface area contributed by atoms with Gasteiger partial charge in [0.05, 0.1) is 6.10 Å². The molecule has 0 saturated carbocycles. The number of pyridine rings is 1. The average Bonchev–Trinajstić information content (AvgIpc) is 2.85. The van der Waals surface area contributed by atoms with E-state index in [9.17, 15) is 5.11 Å². The third-order valence-corrected chi connectivity index (χ3v) is 5.83. The Morgan fingerprint density at radius 2 is 2.37 bits per heavy atom. The number of thiophene rings is 1. The van der Waals surface area contributed by atoms with Crippen molar-refractivity contribution in [3.63, 3.8) is 0 Å². The molecule has 1 atom stereocenters. The molecule has 1 aliphatic heterocycles. The zero-order valence-electron chi connectivity index (χ0n) is 10.9. The van der Waals surface area contributed by atoms with Crippen LogP contribution in [0.15, 0.2) is 24.4 Å². The second kappa shape index (κ2) is 5.65. The smallest absolute Gasteiger partial charge is 0.0937 e. The summed E-state index contributed by atoms with van der Waals surface area (Å²) in [6.07, 6.45) is 3.14. The van der Waals surface area contributed by atoms with E-state index in [2.05, 4.69) is 11.1 Å². The van der Waals surface area contributed by atoms with Crippen LogP contribution in [-0.4, -0.2) is 15.8 Å². The number of fused-ring (bicyclic) bond motifs is 1. The summed E-state index contributed by atoms with van der Waals surface area (Å²) >= 11 is 3.76. The highest BCUT2D eigenvalue weighted by molar-refractivity contribution is 7.98. The first-order valence-corrected chi connectivity index (χ1v) is 8.49. The third kappa shape index (κ3) is 2.86. The van der Waals surface area contributed by atoms with Crippen molar-refractivity contribution < 1.29 is 5.11 Å². The number of aliphatic hydroxyl groups is 1. The van der Waals surface area contributed by atoms with Gasteiger partial charge in [-0.25, -0.2) is 0 Å². The lowest BCUT2D eigenvalue weighted by molar-refractivity contribution is 0.181. The van der Waals surface area contributed by atoms with Gasteiger partial charge in [-0.1, -0.05) is 6.07 Å². The maximum absolute atomic E-state index is 10.4. The van der Waals surface area contributed by atoms with Crippen LogP contribution in [0.4, 0.5) is 0 Å². The molecule has 2 nitrogen and oxygen atoms in total. The van der Waals surface area contributed by atoms with Crippen molar-refractivity contribution in [2.24, 2.45) is 0 Å². The van der Waals surface area contributed by atoms with Crippen LogP contribution < -0.4 is 0 Å². The van der Waals surface area contributed by atoms with E-state index in [0.717, 1.165) is 28.3 Å². The highest BCUT2D eigenvalue weighted by Gasteiger charge is 2.18. The van der Waals surface area contributed by atoms with E-state index in [4.69, 9.17) is 0 Å². The van der Waals surface area contributed by atoms with Crippen molar-refractivity contribution in [1.82, 2.24) is 4.98 Å². The quantitative estimate of drug-likeness (QED) is 0.939. The fourth-order valence-electron chi connectivity index (χ4n) is 2.35. The minimum atomic E-state index is -0.422. The third-order valence-electron chi connectivity index (χ3n) is 3.48. The number of aryl methyl sites for hydroxylation is 2. The first-order valence-electron chi connectivity index (χ1n) is 6.52. The van der Waals surface area contributed by atoms with Crippen molar-refractivity contribution in [3.05, 3.63) is 51.0 Å². The summed E-state index contributed by atoms with van der Waals surface area (Å²) in [4.78, 5) is 6.92. The molecular formula is C15H17NOS2. The van der Waals surface area contributed by atoms with Gasteiger partial charge < -0.3 is 5.11 Å². The van der Waals surface area contributed by atoms with Gasteiger partial charge in [-0.3, -0.25) is 4.98 Å². The summed E-state index contributed by atoms with van der Waals surface area (Å²) in [6, 6.07) is 6.17. The predicted octanol–water partition coefficient (Wildman–Crippen LogP) is 3.52. The van der Waals surface area contributed by atoms with Gasteiger partial charge in [0, 0.05) is 33.8 Å². The Kier molecular flexibility index (Phi) is 3.91. The van der Waals surface area contributed by atoms with Gasteiger partial charge in [0.2, 0.25) is 0 Å². The van der Waals surface area contributed by atoms with E-state index >= 15 is 0 Å². The van der Waals surface area contributed by atoms with E-state index < -0.39 is 6.10 Å². The van der Waals surface area contributed by atoms with Gasteiger partial charge in [-0.15, -0.1) is 11.3 Å². The predicted molar refractivity (Wildman–Crippen MR) is 81.8 cm³/mol. The minimum absolute atomic E-state index is 0.422. The largest absolute Gasteiger partial charge is 0.387 e.